The number of nitrogens with one attached hydrogen (secondary N) is 1. The van der Waals surface area contributed by atoms with Crippen LogP contribution >= 0.6 is 39.1 Å². The second-order valence-electron chi connectivity index (χ2n) is 3.61. The zero-order valence-corrected chi connectivity index (χ0v) is 12.1. The summed E-state index contributed by atoms with van der Waals surface area (Å²) in [6.07, 6.45) is 0. The number of rotatable bonds is 2. The fourth-order valence-corrected chi connectivity index (χ4v) is 2.28. The van der Waals surface area contributed by atoms with Crippen LogP contribution in [0.1, 0.15) is 0 Å². The van der Waals surface area contributed by atoms with E-state index in [-0.39, 0.29) is 5.82 Å². The Kier molecular flexibility index (Phi) is 4.00. The fourth-order valence-electron chi connectivity index (χ4n) is 1.43. The van der Waals surface area contributed by atoms with E-state index in [2.05, 4.69) is 21.2 Å². The second-order valence-corrected chi connectivity index (χ2v) is 5.28. The molecule has 0 radical (unpaired) electrons. The van der Waals surface area contributed by atoms with Crippen LogP contribution in [0.5, 0.6) is 0 Å². The van der Waals surface area contributed by atoms with Gasteiger partial charge in [0, 0.05) is 11.4 Å². The van der Waals surface area contributed by atoms with E-state index in [0.29, 0.717) is 31.6 Å². The average molecular weight is 350 g/mol. The normalized spacial score (nSPS) is 10.4. The van der Waals surface area contributed by atoms with E-state index in [0.717, 1.165) is 0 Å². The van der Waals surface area contributed by atoms with Crippen LogP contribution in [0.4, 0.5) is 21.5 Å². The summed E-state index contributed by atoms with van der Waals surface area (Å²) in [5, 5.41) is 3.71. The van der Waals surface area contributed by atoms with Gasteiger partial charge in [0.25, 0.3) is 0 Å². The third-order valence-corrected chi connectivity index (χ3v) is 3.49. The Balaban J connectivity index is 2.37. The lowest BCUT2D eigenvalue weighted by Crippen LogP contribution is -1.95. The first-order chi connectivity index (χ1) is 8.47. The van der Waals surface area contributed by atoms with E-state index in [4.69, 9.17) is 28.9 Å². The number of hydrogen-bond donors (Lipinski definition) is 2. The largest absolute Gasteiger partial charge is 0.399 e. The van der Waals surface area contributed by atoms with Crippen molar-refractivity contribution in [3.8, 4) is 0 Å². The molecule has 0 aliphatic carbocycles. The molecule has 0 atom stereocenters. The van der Waals surface area contributed by atoms with Crippen LogP contribution in [0.3, 0.4) is 0 Å². The molecule has 94 valence electrons. The summed E-state index contributed by atoms with van der Waals surface area (Å²) < 4.78 is 13.8. The minimum absolute atomic E-state index is 0.373. The minimum Gasteiger partial charge on any atom is -0.399 e. The minimum atomic E-state index is -0.373. The third kappa shape index (κ3) is 2.88. The van der Waals surface area contributed by atoms with Crippen LogP contribution in [-0.4, -0.2) is 0 Å². The average Bonchev–Trinajstić information content (AvgIpc) is 2.28. The first-order valence-corrected chi connectivity index (χ1v) is 6.49. The molecule has 0 saturated heterocycles. The van der Waals surface area contributed by atoms with Crippen molar-refractivity contribution >= 4 is 56.2 Å². The maximum absolute atomic E-state index is 13.4. The molecule has 0 aromatic heterocycles. The summed E-state index contributed by atoms with van der Waals surface area (Å²) in [7, 11) is 0. The number of hydrogen-bond acceptors (Lipinski definition) is 2. The molecule has 0 saturated carbocycles. The lowest BCUT2D eigenvalue weighted by atomic mass is 10.2. The zero-order chi connectivity index (χ0) is 13.3. The van der Waals surface area contributed by atoms with E-state index in [1.165, 1.54) is 6.07 Å². The van der Waals surface area contributed by atoms with Crippen molar-refractivity contribution in [2.45, 2.75) is 0 Å². The summed E-state index contributed by atoms with van der Waals surface area (Å²) in [6.45, 7) is 0. The summed E-state index contributed by atoms with van der Waals surface area (Å²) in [6, 6.07) is 7.79. The van der Waals surface area contributed by atoms with Crippen molar-refractivity contribution in [2.75, 3.05) is 11.1 Å². The molecule has 0 fully saturated rings. The molecule has 0 heterocycles. The SMILES string of the molecule is Nc1cc(Cl)c(Nc2ccc(Br)c(F)c2)c(Cl)c1. The van der Waals surface area contributed by atoms with Crippen molar-refractivity contribution < 1.29 is 4.39 Å². The van der Waals surface area contributed by atoms with Gasteiger partial charge in [-0.2, -0.15) is 0 Å². The standard InChI is InChI=1S/C12H8BrCl2FN2/c13-8-2-1-7(5-11(8)16)18-12-9(14)3-6(17)4-10(12)15/h1-5,18H,17H2. The molecule has 2 rings (SSSR count). The Bertz CT molecular complexity index is 582. The molecule has 0 unspecified atom stereocenters. The third-order valence-electron chi connectivity index (χ3n) is 2.25. The molecule has 2 aromatic rings. The highest BCUT2D eigenvalue weighted by atomic mass is 79.9. The van der Waals surface area contributed by atoms with Crippen LogP contribution < -0.4 is 11.1 Å². The van der Waals surface area contributed by atoms with Gasteiger partial charge < -0.3 is 11.1 Å². The van der Waals surface area contributed by atoms with E-state index in [1.54, 1.807) is 24.3 Å². The molecular formula is C12H8BrCl2FN2. The zero-order valence-electron chi connectivity index (χ0n) is 8.98. The number of anilines is 3. The maximum atomic E-state index is 13.4. The molecule has 2 nitrogen and oxygen atoms in total. The molecule has 0 amide bonds. The first-order valence-electron chi connectivity index (χ1n) is 4.94. The molecule has 3 N–H and O–H groups in total. The van der Waals surface area contributed by atoms with Crippen molar-refractivity contribution in [3.63, 3.8) is 0 Å². The van der Waals surface area contributed by atoms with Crippen molar-refractivity contribution in [3.05, 3.63) is 50.7 Å². The molecule has 0 aliphatic heterocycles. The van der Waals surface area contributed by atoms with Crippen LogP contribution in [0.2, 0.25) is 10.0 Å². The van der Waals surface area contributed by atoms with Crippen molar-refractivity contribution in [1.29, 1.82) is 0 Å². The monoisotopic (exact) mass is 348 g/mol. The quantitative estimate of drug-likeness (QED) is 0.729. The lowest BCUT2D eigenvalue weighted by molar-refractivity contribution is 0.622. The van der Waals surface area contributed by atoms with Crippen LogP contribution in [0.15, 0.2) is 34.8 Å². The highest BCUT2D eigenvalue weighted by Gasteiger charge is 2.08. The van der Waals surface area contributed by atoms with Gasteiger partial charge in [0.1, 0.15) is 5.82 Å². The molecule has 0 spiro atoms. The molecule has 18 heavy (non-hydrogen) atoms. The molecule has 0 aliphatic rings. The van der Waals surface area contributed by atoms with E-state index >= 15 is 0 Å². The van der Waals surface area contributed by atoms with Gasteiger partial charge >= 0.3 is 0 Å². The number of benzene rings is 2. The van der Waals surface area contributed by atoms with Gasteiger partial charge in [-0.25, -0.2) is 4.39 Å². The van der Waals surface area contributed by atoms with Crippen LogP contribution in [0.25, 0.3) is 0 Å². The van der Waals surface area contributed by atoms with Crippen molar-refractivity contribution in [1.82, 2.24) is 0 Å². The number of nitrogens with two attached hydrogens (primary N) is 1. The topological polar surface area (TPSA) is 38.0 Å². The highest BCUT2D eigenvalue weighted by Crippen LogP contribution is 2.35. The van der Waals surface area contributed by atoms with Gasteiger partial charge in [-0.3, -0.25) is 0 Å². The molecule has 6 heteroatoms. The van der Waals surface area contributed by atoms with Crippen molar-refractivity contribution in [2.24, 2.45) is 0 Å². The fraction of sp³-hybridized carbons (Fsp3) is 0. The lowest BCUT2D eigenvalue weighted by Gasteiger charge is -2.11. The predicted octanol–water partition coefficient (Wildman–Crippen LogP) is 5.22. The van der Waals surface area contributed by atoms with Gasteiger partial charge in [-0.05, 0) is 46.3 Å². The smallest absolute Gasteiger partial charge is 0.139 e. The van der Waals surface area contributed by atoms with Gasteiger partial charge in [-0.1, -0.05) is 23.2 Å². The van der Waals surface area contributed by atoms with Gasteiger partial charge in [0.2, 0.25) is 0 Å². The summed E-state index contributed by atoms with van der Waals surface area (Å²) >= 11 is 15.1. The Morgan fingerprint density at radius 3 is 2.28 bits per heavy atom. The Labute approximate surface area is 122 Å². The molecule has 0 bridgehead atoms. The summed E-state index contributed by atoms with van der Waals surface area (Å²) in [4.78, 5) is 0. The maximum Gasteiger partial charge on any atom is 0.139 e. The second kappa shape index (κ2) is 5.34. The summed E-state index contributed by atoms with van der Waals surface area (Å²) in [5.41, 5.74) is 7.11. The summed E-state index contributed by atoms with van der Waals surface area (Å²) in [5.74, 6) is -0.373. The highest BCUT2D eigenvalue weighted by molar-refractivity contribution is 9.10. The van der Waals surface area contributed by atoms with E-state index in [1.807, 2.05) is 0 Å². The van der Waals surface area contributed by atoms with E-state index < -0.39 is 0 Å². The number of halogens is 4. The number of nitrogen functional groups attached to an aromatic ring is 1. The van der Waals surface area contributed by atoms with Gasteiger partial charge in [0.05, 0.1) is 20.2 Å². The predicted molar refractivity (Wildman–Crippen MR) is 78.3 cm³/mol. The van der Waals surface area contributed by atoms with Crippen LogP contribution in [-0.2, 0) is 0 Å². The van der Waals surface area contributed by atoms with Crippen LogP contribution in [0, 0.1) is 5.82 Å². The van der Waals surface area contributed by atoms with E-state index in [9.17, 15) is 4.39 Å². The van der Waals surface area contributed by atoms with Gasteiger partial charge in [-0.15, -0.1) is 0 Å². The Hall–Kier alpha value is -0.970. The Morgan fingerprint density at radius 1 is 1.11 bits per heavy atom. The molecular weight excluding hydrogens is 342 g/mol. The first kappa shape index (κ1) is 13.5. The Morgan fingerprint density at radius 2 is 1.72 bits per heavy atom. The van der Waals surface area contributed by atoms with Gasteiger partial charge in [0.15, 0.2) is 0 Å². The molecule has 2 aromatic carbocycles.